The van der Waals surface area contributed by atoms with Crippen LogP contribution in [0, 0.1) is 0 Å². The Balaban J connectivity index is 2.08. The van der Waals surface area contributed by atoms with Gasteiger partial charge in [0.15, 0.2) is 0 Å². The fraction of sp³-hybridized carbons (Fsp3) is 0.467. The van der Waals surface area contributed by atoms with Gasteiger partial charge in [0.1, 0.15) is 6.04 Å². The number of carboxylic acids is 1. The van der Waals surface area contributed by atoms with E-state index in [0.29, 0.717) is 24.6 Å². The van der Waals surface area contributed by atoms with Gasteiger partial charge in [0.05, 0.1) is 0 Å². The van der Waals surface area contributed by atoms with Gasteiger partial charge in [-0.15, -0.1) is 0 Å². The zero-order valence-electron chi connectivity index (χ0n) is 11.8. The molecule has 0 radical (unpaired) electrons. The number of likely N-dealkylation sites (tertiary alicyclic amines) is 1. The lowest BCUT2D eigenvalue weighted by atomic mass is 10.0. The fourth-order valence-corrected chi connectivity index (χ4v) is 2.44. The molecule has 20 heavy (non-hydrogen) atoms. The van der Waals surface area contributed by atoms with Crippen molar-refractivity contribution in [2.24, 2.45) is 0 Å². The number of anilines is 1. The summed E-state index contributed by atoms with van der Waals surface area (Å²) in [4.78, 5) is 24.6. The lowest BCUT2D eigenvalue weighted by molar-refractivity contribution is -0.141. The van der Waals surface area contributed by atoms with E-state index in [4.69, 9.17) is 5.11 Å². The highest BCUT2D eigenvalue weighted by atomic mass is 16.4. The predicted octanol–water partition coefficient (Wildman–Crippen LogP) is 2.89. The van der Waals surface area contributed by atoms with Gasteiger partial charge in [0.2, 0.25) is 0 Å². The molecule has 108 valence electrons. The molecule has 1 saturated heterocycles. The van der Waals surface area contributed by atoms with Crippen molar-refractivity contribution in [3.63, 3.8) is 0 Å². The van der Waals surface area contributed by atoms with Gasteiger partial charge < -0.3 is 15.3 Å². The van der Waals surface area contributed by atoms with Crippen LogP contribution in [0.3, 0.4) is 0 Å². The molecule has 0 saturated carbocycles. The number of carbonyl (C=O) groups excluding carboxylic acids is 1. The maximum Gasteiger partial charge on any atom is 0.326 e. The van der Waals surface area contributed by atoms with Crippen molar-refractivity contribution in [1.82, 2.24) is 4.90 Å². The largest absolute Gasteiger partial charge is 0.480 e. The molecule has 1 heterocycles. The summed E-state index contributed by atoms with van der Waals surface area (Å²) in [5.41, 5.74) is 1.84. The minimum atomic E-state index is -0.936. The molecular formula is C15H20N2O3. The number of carboxylic acid groups (broad SMARTS) is 1. The normalized spacial score (nSPS) is 18.4. The number of rotatable bonds is 3. The molecule has 1 atom stereocenters. The average molecular weight is 276 g/mol. The molecule has 2 amide bonds. The van der Waals surface area contributed by atoms with Crippen molar-refractivity contribution in [2.75, 3.05) is 11.9 Å². The van der Waals surface area contributed by atoms with Gasteiger partial charge in [0, 0.05) is 12.2 Å². The molecule has 1 aliphatic rings. The summed E-state index contributed by atoms with van der Waals surface area (Å²) in [5.74, 6) is -0.556. The van der Waals surface area contributed by atoms with E-state index >= 15 is 0 Å². The predicted molar refractivity (Wildman–Crippen MR) is 76.9 cm³/mol. The smallest absolute Gasteiger partial charge is 0.326 e. The quantitative estimate of drug-likeness (QED) is 0.891. The van der Waals surface area contributed by atoms with Crippen LogP contribution < -0.4 is 5.32 Å². The number of benzene rings is 1. The lowest BCUT2D eigenvalue weighted by Gasteiger charge is -2.22. The summed E-state index contributed by atoms with van der Waals surface area (Å²) in [7, 11) is 0. The molecule has 1 unspecified atom stereocenters. The monoisotopic (exact) mass is 276 g/mol. The van der Waals surface area contributed by atoms with Gasteiger partial charge in [0.25, 0.3) is 0 Å². The van der Waals surface area contributed by atoms with E-state index in [0.717, 1.165) is 12.0 Å². The molecule has 0 spiro atoms. The Kier molecular flexibility index (Phi) is 4.27. The molecule has 0 aliphatic carbocycles. The molecule has 5 nitrogen and oxygen atoms in total. The molecule has 0 bridgehead atoms. The van der Waals surface area contributed by atoms with E-state index < -0.39 is 12.0 Å². The Hall–Kier alpha value is -2.04. The third-order valence-electron chi connectivity index (χ3n) is 3.60. The van der Waals surface area contributed by atoms with Crippen molar-refractivity contribution in [2.45, 2.75) is 38.6 Å². The van der Waals surface area contributed by atoms with Crippen molar-refractivity contribution in [1.29, 1.82) is 0 Å². The molecule has 2 rings (SSSR count). The van der Waals surface area contributed by atoms with Crippen LogP contribution in [0.1, 0.15) is 38.2 Å². The van der Waals surface area contributed by atoms with Crippen LogP contribution in [0.2, 0.25) is 0 Å². The van der Waals surface area contributed by atoms with Crippen LogP contribution in [-0.4, -0.2) is 34.6 Å². The van der Waals surface area contributed by atoms with Crippen molar-refractivity contribution >= 4 is 17.7 Å². The average Bonchev–Trinajstić information content (AvgIpc) is 2.88. The third kappa shape index (κ3) is 3.10. The molecule has 1 aliphatic heterocycles. The van der Waals surface area contributed by atoms with E-state index in [1.807, 2.05) is 24.3 Å². The molecular weight excluding hydrogens is 256 g/mol. The van der Waals surface area contributed by atoms with Gasteiger partial charge in [-0.2, -0.15) is 0 Å². The standard InChI is InChI=1S/C15H20N2O3/c1-10(2)11-5-3-6-12(9-11)16-15(20)17-8-4-7-13(17)14(18)19/h3,5-6,9-10,13H,4,7-8H2,1-2H3,(H,16,20)(H,18,19). The topological polar surface area (TPSA) is 69.6 Å². The van der Waals surface area contributed by atoms with Gasteiger partial charge in [-0.1, -0.05) is 26.0 Å². The number of hydrogen-bond acceptors (Lipinski definition) is 2. The Morgan fingerprint density at radius 3 is 2.80 bits per heavy atom. The highest BCUT2D eigenvalue weighted by Gasteiger charge is 2.33. The molecule has 5 heteroatoms. The fourth-order valence-electron chi connectivity index (χ4n) is 2.44. The van der Waals surface area contributed by atoms with Gasteiger partial charge in [-0.05, 0) is 36.5 Å². The van der Waals surface area contributed by atoms with Crippen molar-refractivity contribution < 1.29 is 14.7 Å². The van der Waals surface area contributed by atoms with Crippen LogP contribution in [0.25, 0.3) is 0 Å². The Bertz CT molecular complexity index is 514. The minimum absolute atomic E-state index is 0.337. The van der Waals surface area contributed by atoms with Gasteiger partial charge in [-0.25, -0.2) is 9.59 Å². The Labute approximate surface area is 118 Å². The van der Waals surface area contributed by atoms with E-state index in [-0.39, 0.29) is 6.03 Å². The second-order valence-corrected chi connectivity index (χ2v) is 5.40. The van der Waals surface area contributed by atoms with E-state index in [1.54, 1.807) is 0 Å². The highest BCUT2D eigenvalue weighted by Crippen LogP contribution is 2.21. The second-order valence-electron chi connectivity index (χ2n) is 5.40. The van der Waals surface area contributed by atoms with Crippen molar-refractivity contribution in [3.8, 4) is 0 Å². The van der Waals surface area contributed by atoms with Crippen LogP contribution in [0.4, 0.5) is 10.5 Å². The summed E-state index contributed by atoms with van der Waals surface area (Å²) in [5, 5.41) is 11.9. The first-order valence-corrected chi connectivity index (χ1v) is 6.89. The summed E-state index contributed by atoms with van der Waals surface area (Å²) in [6.45, 7) is 4.66. The number of carbonyl (C=O) groups is 2. The maximum atomic E-state index is 12.2. The summed E-state index contributed by atoms with van der Waals surface area (Å²) in [6.07, 6.45) is 1.26. The number of aliphatic carboxylic acids is 1. The summed E-state index contributed by atoms with van der Waals surface area (Å²) >= 11 is 0. The Morgan fingerprint density at radius 1 is 1.40 bits per heavy atom. The van der Waals surface area contributed by atoms with Crippen LogP contribution >= 0.6 is 0 Å². The number of urea groups is 1. The number of amides is 2. The summed E-state index contributed by atoms with van der Waals surface area (Å²) < 4.78 is 0. The molecule has 1 aromatic carbocycles. The SMILES string of the molecule is CC(C)c1cccc(NC(=O)N2CCCC2C(=O)O)c1. The van der Waals surface area contributed by atoms with Crippen molar-refractivity contribution in [3.05, 3.63) is 29.8 Å². The number of hydrogen-bond donors (Lipinski definition) is 2. The van der Waals surface area contributed by atoms with E-state index in [9.17, 15) is 9.59 Å². The van der Waals surface area contributed by atoms with Gasteiger partial charge >= 0.3 is 12.0 Å². The molecule has 0 aromatic heterocycles. The second kappa shape index (κ2) is 5.94. The first-order chi connectivity index (χ1) is 9.49. The lowest BCUT2D eigenvalue weighted by Crippen LogP contribution is -2.42. The van der Waals surface area contributed by atoms with E-state index in [2.05, 4.69) is 19.2 Å². The summed E-state index contributed by atoms with van der Waals surface area (Å²) in [6, 6.07) is 6.60. The van der Waals surface area contributed by atoms with Crippen LogP contribution in [-0.2, 0) is 4.79 Å². The first-order valence-electron chi connectivity index (χ1n) is 6.89. The van der Waals surface area contributed by atoms with Crippen LogP contribution in [0.15, 0.2) is 24.3 Å². The van der Waals surface area contributed by atoms with Crippen LogP contribution in [0.5, 0.6) is 0 Å². The van der Waals surface area contributed by atoms with Gasteiger partial charge in [-0.3, -0.25) is 0 Å². The zero-order valence-corrected chi connectivity index (χ0v) is 11.8. The Morgan fingerprint density at radius 2 is 2.15 bits per heavy atom. The first kappa shape index (κ1) is 14.4. The minimum Gasteiger partial charge on any atom is -0.480 e. The maximum absolute atomic E-state index is 12.2. The zero-order chi connectivity index (χ0) is 14.7. The van der Waals surface area contributed by atoms with E-state index in [1.165, 1.54) is 4.90 Å². The highest BCUT2D eigenvalue weighted by molar-refractivity contribution is 5.92. The molecule has 2 N–H and O–H groups in total. The molecule has 1 aromatic rings. The number of nitrogens with zero attached hydrogens (tertiary/aromatic N) is 1. The third-order valence-corrected chi connectivity index (χ3v) is 3.60. The number of nitrogens with one attached hydrogen (secondary N) is 1. The molecule has 1 fully saturated rings.